The average molecular weight is 351 g/mol. The summed E-state index contributed by atoms with van der Waals surface area (Å²) in [5.41, 5.74) is 6.23. The molecule has 3 nitrogen and oxygen atoms in total. The van der Waals surface area contributed by atoms with Crippen molar-refractivity contribution in [2.75, 3.05) is 0 Å². The molecule has 0 bridgehead atoms. The first-order valence-electron chi connectivity index (χ1n) is 6.52. The number of ether oxygens (including phenoxy) is 2. The van der Waals surface area contributed by atoms with E-state index in [0.717, 1.165) is 18.2 Å². The van der Waals surface area contributed by atoms with Gasteiger partial charge in [0.15, 0.2) is 0 Å². The summed E-state index contributed by atoms with van der Waals surface area (Å²) in [4.78, 5) is 0. The van der Waals surface area contributed by atoms with Gasteiger partial charge in [0.05, 0.1) is 0 Å². The Kier molecular flexibility index (Phi) is 4.93. The third kappa shape index (κ3) is 5.05. The van der Waals surface area contributed by atoms with Crippen molar-refractivity contribution >= 4 is 0 Å². The van der Waals surface area contributed by atoms with Crippen LogP contribution in [0.4, 0.5) is 26.3 Å². The van der Waals surface area contributed by atoms with Crippen LogP contribution < -0.4 is 15.2 Å². The van der Waals surface area contributed by atoms with Crippen molar-refractivity contribution < 1.29 is 35.8 Å². The second kappa shape index (κ2) is 6.60. The third-order valence-electron chi connectivity index (χ3n) is 2.93. The zero-order valence-corrected chi connectivity index (χ0v) is 11.9. The van der Waals surface area contributed by atoms with Crippen molar-refractivity contribution in [3.8, 4) is 22.6 Å². The minimum absolute atomic E-state index is 0.146. The van der Waals surface area contributed by atoms with E-state index in [4.69, 9.17) is 5.73 Å². The molecule has 0 aliphatic rings. The molecule has 0 radical (unpaired) electrons. The Labute approximate surface area is 132 Å². The van der Waals surface area contributed by atoms with Crippen molar-refractivity contribution in [2.45, 2.75) is 19.3 Å². The lowest BCUT2D eigenvalue weighted by molar-refractivity contribution is -0.275. The van der Waals surface area contributed by atoms with Gasteiger partial charge in [-0.3, -0.25) is 0 Å². The van der Waals surface area contributed by atoms with Gasteiger partial charge < -0.3 is 15.2 Å². The minimum atomic E-state index is -4.88. The Morgan fingerprint density at radius 3 is 1.79 bits per heavy atom. The van der Waals surface area contributed by atoms with E-state index in [1.165, 1.54) is 24.3 Å². The molecule has 0 fully saturated rings. The Morgan fingerprint density at radius 1 is 0.750 bits per heavy atom. The van der Waals surface area contributed by atoms with E-state index in [1.807, 2.05) is 0 Å². The molecule has 0 saturated heterocycles. The molecule has 0 heterocycles. The summed E-state index contributed by atoms with van der Waals surface area (Å²) < 4.78 is 81.2. The summed E-state index contributed by atoms with van der Waals surface area (Å²) >= 11 is 0. The summed E-state index contributed by atoms with van der Waals surface area (Å²) in [6.45, 7) is -0.163. The molecule has 2 rings (SSSR count). The van der Waals surface area contributed by atoms with Gasteiger partial charge in [-0.2, -0.15) is 0 Å². The zero-order chi connectivity index (χ0) is 18.0. The second-order valence-corrected chi connectivity index (χ2v) is 4.65. The monoisotopic (exact) mass is 351 g/mol. The summed E-state index contributed by atoms with van der Waals surface area (Å²) in [5.74, 6) is -0.894. The van der Waals surface area contributed by atoms with E-state index in [1.54, 1.807) is 0 Å². The van der Waals surface area contributed by atoms with E-state index in [-0.39, 0.29) is 12.1 Å². The predicted octanol–water partition coefficient (Wildman–Crippen LogP) is 4.61. The zero-order valence-electron chi connectivity index (χ0n) is 11.9. The quantitative estimate of drug-likeness (QED) is 0.818. The van der Waals surface area contributed by atoms with Crippen molar-refractivity contribution in [3.05, 3.63) is 48.0 Å². The highest BCUT2D eigenvalue weighted by molar-refractivity contribution is 5.66. The standard InChI is InChI=1S/C15H11F6NO2/c16-14(17,18)23-12-5-3-9(4-6-12)10-1-2-11(8-22)13(7-10)24-15(19,20)21/h1-7H,8,22H2. The fourth-order valence-corrected chi connectivity index (χ4v) is 1.97. The van der Waals surface area contributed by atoms with Crippen LogP contribution in [-0.2, 0) is 6.54 Å². The summed E-state index contributed by atoms with van der Waals surface area (Å²) in [7, 11) is 0. The van der Waals surface area contributed by atoms with Crippen LogP contribution in [0.25, 0.3) is 11.1 Å². The first kappa shape index (κ1) is 17.9. The van der Waals surface area contributed by atoms with Crippen molar-refractivity contribution in [3.63, 3.8) is 0 Å². The Bertz CT molecular complexity index is 695. The van der Waals surface area contributed by atoms with Crippen LogP contribution >= 0.6 is 0 Å². The van der Waals surface area contributed by atoms with Crippen LogP contribution in [0.3, 0.4) is 0 Å². The molecule has 9 heteroatoms. The van der Waals surface area contributed by atoms with Crippen LogP contribution in [0.5, 0.6) is 11.5 Å². The maximum Gasteiger partial charge on any atom is 0.573 e. The van der Waals surface area contributed by atoms with Crippen molar-refractivity contribution in [1.29, 1.82) is 0 Å². The lowest BCUT2D eigenvalue weighted by Crippen LogP contribution is -2.18. The molecule has 2 aromatic carbocycles. The minimum Gasteiger partial charge on any atom is -0.406 e. The number of nitrogens with two attached hydrogens (primary N) is 1. The molecule has 130 valence electrons. The van der Waals surface area contributed by atoms with Crippen molar-refractivity contribution in [1.82, 2.24) is 0 Å². The van der Waals surface area contributed by atoms with Crippen LogP contribution in [0.15, 0.2) is 42.5 Å². The van der Waals surface area contributed by atoms with E-state index in [9.17, 15) is 26.3 Å². The normalized spacial score (nSPS) is 12.1. The molecular formula is C15H11F6NO2. The Morgan fingerprint density at radius 2 is 1.29 bits per heavy atom. The van der Waals surface area contributed by atoms with Crippen LogP contribution in [0, 0.1) is 0 Å². The smallest absolute Gasteiger partial charge is 0.406 e. The molecule has 24 heavy (non-hydrogen) atoms. The maximum atomic E-state index is 12.4. The first-order valence-corrected chi connectivity index (χ1v) is 6.52. The molecule has 0 aromatic heterocycles. The van der Waals surface area contributed by atoms with Crippen LogP contribution in [0.1, 0.15) is 5.56 Å². The van der Waals surface area contributed by atoms with Gasteiger partial charge in [0, 0.05) is 12.1 Å². The van der Waals surface area contributed by atoms with Crippen LogP contribution in [0.2, 0.25) is 0 Å². The number of alkyl halides is 6. The number of halogens is 6. The van der Waals surface area contributed by atoms with E-state index >= 15 is 0 Å². The molecule has 0 amide bonds. The van der Waals surface area contributed by atoms with Gasteiger partial charge in [0.2, 0.25) is 0 Å². The highest BCUT2D eigenvalue weighted by Crippen LogP contribution is 2.32. The van der Waals surface area contributed by atoms with Gasteiger partial charge >= 0.3 is 12.7 Å². The highest BCUT2D eigenvalue weighted by atomic mass is 19.4. The van der Waals surface area contributed by atoms with E-state index < -0.39 is 24.2 Å². The second-order valence-electron chi connectivity index (χ2n) is 4.65. The topological polar surface area (TPSA) is 44.5 Å². The molecule has 0 saturated carbocycles. The van der Waals surface area contributed by atoms with Gasteiger partial charge in [-0.1, -0.05) is 24.3 Å². The Balaban J connectivity index is 2.30. The van der Waals surface area contributed by atoms with Gasteiger partial charge in [-0.05, 0) is 29.3 Å². The average Bonchev–Trinajstić information content (AvgIpc) is 2.44. The third-order valence-corrected chi connectivity index (χ3v) is 2.93. The lowest BCUT2D eigenvalue weighted by Gasteiger charge is -2.14. The van der Waals surface area contributed by atoms with Crippen molar-refractivity contribution in [2.24, 2.45) is 5.73 Å². The predicted molar refractivity (Wildman–Crippen MR) is 73.1 cm³/mol. The molecule has 0 aliphatic heterocycles. The largest absolute Gasteiger partial charge is 0.573 e. The summed E-state index contributed by atoms with van der Waals surface area (Å²) in [6.07, 6.45) is -9.70. The summed E-state index contributed by atoms with van der Waals surface area (Å²) in [5, 5.41) is 0. The van der Waals surface area contributed by atoms with Gasteiger partial charge in [0.25, 0.3) is 0 Å². The van der Waals surface area contributed by atoms with Gasteiger partial charge in [-0.15, -0.1) is 26.3 Å². The Hall–Kier alpha value is -2.42. The SMILES string of the molecule is NCc1ccc(-c2ccc(OC(F)(F)F)cc2)cc1OC(F)(F)F. The van der Waals surface area contributed by atoms with E-state index in [0.29, 0.717) is 11.1 Å². The maximum absolute atomic E-state index is 12.4. The molecule has 2 N–H and O–H groups in total. The number of hydrogen-bond acceptors (Lipinski definition) is 3. The molecule has 0 unspecified atom stereocenters. The van der Waals surface area contributed by atoms with Gasteiger partial charge in [-0.25, -0.2) is 0 Å². The lowest BCUT2D eigenvalue weighted by atomic mass is 10.0. The summed E-state index contributed by atoms with van der Waals surface area (Å²) in [6, 6.07) is 8.66. The molecule has 0 spiro atoms. The number of benzene rings is 2. The number of rotatable bonds is 4. The van der Waals surface area contributed by atoms with Gasteiger partial charge in [0.1, 0.15) is 11.5 Å². The molecule has 0 aliphatic carbocycles. The van der Waals surface area contributed by atoms with Crippen LogP contribution in [-0.4, -0.2) is 12.7 Å². The molecular weight excluding hydrogens is 340 g/mol. The molecule has 2 aromatic rings. The molecule has 0 atom stereocenters. The fraction of sp³-hybridized carbons (Fsp3) is 0.200. The first-order chi connectivity index (χ1) is 11.1. The highest BCUT2D eigenvalue weighted by Gasteiger charge is 2.32. The fourth-order valence-electron chi connectivity index (χ4n) is 1.97. The number of hydrogen-bond donors (Lipinski definition) is 1. The van der Waals surface area contributed by atoms with E-state index in [2.05, 4.69) is 9.47 Å².